The fourth-order valence-electron chi connectivity index (χ4n) is 3.18. The third kappa shape index (κ3) is 2.98. The van der Waals surface area contributed by atoms with E-state index in [1.54, 1.807) is 6.07 Å². The van der Waals surface area contributed by atoms with Gasteiger partial charge in [0.25, 0.3) is 5.69 Å². The van der Waals surface area contributed by atoms with Crippen molar-refractivity contribution in [1.29, 1.82) is 0 Å². The summed E-state index contributed by atoms with van der Waals surface area (Å²) >= 11 is 0. The number of non-ortho nitro benzene ring substituents is 1. The first kappa shape index (κ1) is 17.7. The molecule has 0 fully saturated rings. The van der Waals surface area contributed by atoms with Crippen LogP contribution in [0.4, 0.5) is 11.4 Å². The van der Waals surface area contributed by atoms with Gasteiger partial charge >= 0.3 is 5.63 Å². The van der Waals surface area contributed by atoms with Crippen molar-refractivity contribution in [3.05, 3.63) is 63.0 Å². The van der Waals surface area contributed by atoms with Crippen molar-refractivity contribution in [2.24, 2.45) is 0 Å². The summed E-state index contributed by atoms with van der Waals surface area (Å²) in [5.74, 6) is 0.0685. The molecule has 0 atom stereocenters. The lowest BCUT2D eigenvalue weighted by atomic mass is 10.1. The van der Waals surface area contributed by atoms with Crippen LogP contribution < -0.4 is 10.5 Å². The molecule has 0 aliphatic heterocycles. The Labute approximate surface area is 159 Å². The normalized spacial score (nSPS) is 11.2. The topological polar surface area (TPSA) is 103 Å². The highest BCUT2D eigenvalue weighted by Gasteiger charge is 2.17. The van der Waals surface area contributed by atoms with E-state index in [0.717, 1.165) is 24.2 Å². The van der Waals surface area contributed by atoms with Crippen molar-refractivity contribution in [3.8, 4) is 11.5 Å². The summed E-state index contributed by atoms with van der Waals surface area (Å²) < 4.78 is 11.1. The van der Waals surface area contributed by atoms with E-state index >= 15 is 0 Å². The van der Waals surface area contributed by atoms with Gasteiger partial charge in [0.15, 0.2) is 5.58 Å². The molecule has 0 bridgehead atoms. The first-order valence-corrected chi connectivity index (χ1v) is 8.88. The Bertz CT molecular complexity index is 1250. The third-order valence-corrected chi connectivity index (χ3v) is 4.66. The molecular weight excluding hydrogens is 362 g/mol. The number of aromatic nitrogens is 1. The molecule has 0 unspecified atom stereocenters. The molecule has 0 radical (unpaired) electrons. The predicted octanol–water partition coefficient (Wildman–Crippen LogP) is 4.36. The number of fused-ring (bicyclic) bond motifs is 2. The smallest absolute Gasteiger partial charge is 0.349 e. The average Bonchev–Trinajstić information content (AvgIpc) is 3.11. The molecule has 0 N–H and O–H groups in total. The van der Waals surface area contributed by atoms with Gasteiger partial charge in [0, 0.05) is 42.4 Å². The zero-order valence-corrected chi connectivity index (χ0v) is 15.3. The quantitative estimate of drug-likeness (QED) is 0.288. The summed E-state index contributed by atoms with van der Waals surface area (Å²) in [5.41, 5.74) is 1.61. The van der Waals surface area contributed by atoms with Gasteiger partial charge in [-0.1, -0.05) is 0 Å². The van der Waals surface area contributed by atoms with Gasteiger partial charge in [-0.2, -0.15) is 0 Å². The Morgan fingerprint density at radius 2 is 1.82 bits per heavy atom. The molecule has 2 aromatic carbocycles. The minimum absolute atomic E-state index is 0.0685. The maximum absolute atomic E-state index is 12.5. The molecule has 0 amide bonds. The van der Waals surface area contributed by atoms with E-state index in [1.165, 1.54) is 18.2 Å². The Balaban J connectivity index is 1.81. The first-order valence-electron chi connectivity index (χ1n) is 8.88. The standard InChI is InChI=1S/C20H17N3O5/c1-3-22(4-2)13-6-5-12-9-15(20(24)28-18(12)11-13)19-21-16-10-14(23(25)26)7-8-17(16)27-19/h5-11H,3-4H2,1-2H3. The van der Waals surface area contributed by atoms with E-state index in [-0.39, 0.29) is 17.1 Å². The van der Waals surface area contributed by atoms with Crippen molar-refractivity contribution >= 4 is 33.4 Å². The van der Waals surface area contributed by atoms with E-state index in [1.807, 2.05) is 18.2 Å². The number of nitro groups is 1. The Morgan fingerprint density at radius 1 is 1.04 bits per heavy atom. The number of nitro benzene ring substituents is 1. The minimum Gasteiger partial charge on any atom is -0.436 e. The Morgan fingerprint density at radius 3 is 2.54 bits per heavy atom. The lowest BCUT2D eigenvalue weighted by Crippen LogP contribution is -2.21. The second kappa shape index (κ2) is 6.80. The zero-order chi connectivity index (χ0) is 19.8. The number of benzene rings is 2. The fraction of sp³-hybridized carbons (Fsp3) is 0.200. The van der Waals surface area contributed by atoms with Crippen LogP contribution in [0.15, 0.2) is 56.1 Å². The van der Waals surface area contributed by atoms with Crippen LogP contribution in [0.25, 0.3) is 33.5 Å². The molecule has 0 saturated carbocycles. The lowest BCUT2D eigenvalue weighted by Gasteiger charge is -2.20. The van der Waals surface area contributed by atoms with Gasteiger partial charge in [0.2, 0.25) is 5.89 Å². The molecule has 0 aliphatic carbocycles. The van der Waals surface area contributed by atoms with E-state index < -0.39 is 10.5 Å². The molecule has 8 nitrogen and oxygen atoms in total. The summed E-state index contributed by atoms with van der Waals surface area (Å²) in [6.07, 6.45) is 0. The fourth-order valence-corrected chi connectivity index (χ4v) is 3.18. The molecule has 0 spiro atoms. The van der Waals surface area contributed by atoms with Gasteiger partial charge in [-0.15, -0.1) is 0 Å². The molecule has 28 heavy (non-hydrogen) atoms. The van der Waals surface area contributed by atoms with Crippen molar-refractivity contribution < 1.29 is 13.8 Å². The second-order valence-electron chi connectivity index (χ2n) is 6.27. The molecule has 4 rings (SSSR count). The molecule has 2 aromatic heterocycles. The van der Waals surface area contributed by atoms with Crippen LogP contribution in [-0.4, -0.2) is 23.0 Å². The summed E-state index contributed by atoms with van der Waals surface area (Å²) in [5, 5.41) is 11.7. The maximum Gasteiger partial charge on any atom is 0.349 e. The maximum atomic E-state index is 12.5. The van der Waals surface area contributed by atoms with E-state index in [0.29, 0.717) is 16.7 Å². The van der Waals surface area contributed by atoms with Gasteiger partial charge in [0.05, 0.1) is 4.92 Å². The van der Waals surface area contributed by atoms with Crippen LogP contribution >= 0.6 is 0 Å². The van der Waals surface area contributed by atoms with Crippen LogP contribution in [0, 0.1) is 10.1 Å². The molecule has 2 heterocycles. The zero-order valence-electron chi connectivity index (χ0n) is 15.3. The van der Waals surface area contributed by atoms with E-state index in [9.17, 15) is 14.9 Å². The Kier molecular flexibility index (Phi) is 4.31. The van der Waals surface area contributed by atoms with Gasteiger partial charge in [-0.05, 0) is 38.1 Å². The number of nitrogens with zero attached hydrogens (tertiary/aromatic N) is 3. The molecular formula is C20H17N3O5. The number of anilines is 1. The SMILES string of the molecule is CCN(CC)c1ccc2cc(-c3nc4cc([N+](=O)[O-])ccc4o3)c(=O)oc2c1. The Hall–Kier alpha value is -3.68. The monoisotopic (exact) mass is 379 g/mol. The average molecular weight is 379 g/mol. The first-order chi connectivity index (χ1) is 13.5. The molecule has 0 aliphatic rings. The van der Waals surface area contributed by atoms with Crippen molar-refractivity contribution in [2.75, 3.05) is 18.0 Å². The van der Waals surface area contributed by atoms with E-state index in [4.69, 9.17) is 8.83 Å². The minimum atomic E-state index is -0.578. The molecule has 0 saturated heterocycles. The van der Waals surface area contributed by atoms with Crippen LogP contribution in [0.2, 0.25) is 0 Å². The highest BCUT2D eigenvalue weighted by Crippen LogP contribution is 2.28. The molecule has 8 heteroatoms. The van der Waals surface area contributed by atoms with Crippen molar-refractivity contribution in [3.63, 3.8) is 0 Å². The van der Waals surface area contributed by atoms with Crippen LogP contribution in [0.1, 0.15) is 13.8 Å². The number of rotatable bonds is 5. The highest BCUT2D eigenvalue weighted by molar-refractivity contribution is 5.85. The predicted molar refractivity (Wildman–Crippen MR) is 106 cm³/mol. The van der Waals surface area contributed by atoms with Crippen molar-refractivity contribution in [1.82, 2.24) is 4.98 Å². The van der Waals surface area contributed by atoms with Crippen LogP contribution in [-0.2, 0) is 0 Å². The summed E-state index contributed by atoms with van der Waals surface area (Å²) in [6, 6.07) is 11.4. The number of hydrogen-bond donors (Lipinski definition) is 0. The van der Waals surface area contributed by atoms with Gasteiger partial charge < -0.3 is 13.7 Å². The van der Waals surface area contributed by atoms with Gasteiger partial charge in [-0.3, -0.25) is 10.1 Å². The van der Waals surface area contributed by atoms with Gasteiger partial charge in [0.1, 0.15) is 16.7 Å². The summed E-state index contributed by atoms with van der Waals surface area (Å²) in [7, 11) is 0. The van der Waals surface area contributed by atoms with Crippen LogP contribution in [0.5, 0.6) is 0 Å². The highest BCUT2D eigenvalue weighted by atomic mass is 16.6. The third-order valence-electron chi connectivity index (χ3n) is 4.66. The largest absolute Gasteiger partial charge is 0.436 e. The second-order valence-corrected chi connectivity index (χ2v) is 6.27. The summed E-state index contributed by atoms with van der Waals surface area (Å²) in [4.78, 5) is 29.3. The van der Waals surface area contributed by atoms with Crippen LogP contribution in [0.3, 0.4) is 0 Å². The molecule has 4 aromatic rings. The number of oxazole rings is 1. The van der Waals surface area contributed by atoms with Gasteiger partial charge in [-0.25, -0.2) is 9.78 Å². The van der Waals surface area contributed by atoms with Crippen molar-refractivity contribution in [2.45, 2.75) is 13.8 Å². The number of hydrogen-bond acceptors (Lipinski definition) is 7. The summed E-state index contributed by atoms with van der Waals surface area (Å²) in [6.45, 7) is 5.81. The molecule has 142 valence electrons. The van der Waals surface area contributed by atoms with E-state index in [2.05, 4.69) is 23.7 Å². The lowest BCUT2D eigenvalue weighted by molar-refractivity contribution is -0.384.